The molecule has 8 aliphatic rings. The van der Waals surface area contributed by atoms with E-state index in [-0.39, 0.29) is 58.4 Å². The molecule has 2 spiro atoms. The molecule has 2 saturated carbocycles. The van der Waals surface area contributed by atoms with E-state index >= 15 is 0 Å². The molecule has 0 amide bonds. The topological polar surface area (TPSA) is 195 Å². The van der Waals surface area contributed by atoms with Crippen molar-refractivity contribution < 1.29 is 66.8 Å². The number of hydrogen-bond donors (Lipinski definition) is 2. The van der Waals surface area contributed by atoms with Gasteiger partial charge in [-0.25, -0.2) is 14.3 Å². The average Bonchev–Trinajstić information content (AvgIpc) is 3.20. The van der Waals surface area contributed by atoms with Gasteiger partial charge in [0.2, 0.25) is 0 Å². The molecule has 2 aromatic rings. The molecular weight excluding hydrogens is 873 g/mol. The molecular formula is C43H50Cl2O14P2-2. The Morgan fingerprint density at radius 2 is 1.10 bits per heavy atom. The van der Waals surface area contributed by atoms with E-state index in [9.17, 15) is 28.7 Å². The van der Waals surface area contributed by atoms with E-state index in [1.807, 2.05) is 0 Å². The third-order valence-corrected chi connectivity index (χ3v) is 16.5. The molecule has 2 N–H and O–H groups in total. The second kappa shape index (κ2) is 15.9. The van der Waals surface area contributed by atoms with Crippen molar-refractivity contribution in [3.05, 3.63) is 79.9 Å². The lowest BCUT2D eigenvalue weighted by atomic mass is 9.53. The summed E-state index contributed by atoms with van der Waals surface area (Å²) in [5.74, 6) is -3.42. The minimum atomic E-state index is -5.47. The number of phosphoric ester groups is 2. The molecule has 332 valence electrons. The number of hydrogen-bond acceptors (Lipinski definition) is 12. The van der Waals surface area contributed by atoms with E-state index in [2.05, 4.69) is 0 Å². The fourth-order valence-corrected chi connectivity index (χ4v) is 14.0. The van der Waals surface area contributed by atoms with Gasteiger partial charge in [0.15, 0.2) is 17.0 Å². The van der Waals surface area contributed by atoms with Gasteiger partial charge >= 0.3 is 7.82 Å². The van der Waals surface area contributed by atoms with Crippen molar-refractivity contribution in [3.8, 4) is 11.5 Å². The summed E-state index contributed by atoms with van der Waals surface area (Å²) in [6.45, 7) is 0.195. The van der Waals surface area contributed by atoms with E-state index in [0.717, 1.165) is 103 Å². The first-order valence-corrected chi connectivity index (χ1v) is 25.4. The highest BCUT2D eigenvalue weighted by Gasteiger charge is 2.77. The second-order valence-corrected chi connectivity index (χ2v) is 21.1. The lowest BCUT2D eigenvalue weighted by Gasteiger charge is -2.66. The van der Waals surface area contributed by atoms with Gasteiger partial charge in [-0.15, -0.1) is 0 Å². The first-order valence-electron chi connectivity index (χ1n) is 21.7. The van der Waals surface area contributed by atoms with Crippen LogP contribution in [0.1, 0.15) is 120 Å². The van der Waals surface area contributed by atoms with Crippen LogP contribution in [0.3, 0.4) is 0 Å². The first kappa shape index (κ1) is 43.1. The van der Waals surface area contributed by atoms with Crippen molar-refractivity contribution in [1.29, 1.82) is 0 Å². The molecule has 2 aliphatic heterocycles. The van der Waals surface area contributed by atoms with Crippen LogP contribution >= 0.6 is 38.8 Å². The first-order chi connectivity index (χ1) is 29.2. The van der Waals surface area contributed by atoms with Crippen molar-refractivity contribution in [2.45, 2.75) is 132 Å². The van der Waals surface area contributed by atoms with Crippen LogP contribution < -0.4 is 18.8 Å². The summed E-state index contributed by atoms with van der Waals surface area (Å²) in [7, 11) is -10.5. The van der Waals surface area contributed by atoms with Crippen LogP contribution in [0, 0.1) is 23.7 Å². The molecule has 0 aromatic heterocycles. The van der Waals surface area contributed by atoms with Gasteiger partial charge in [-0.1, -0.05) is 70.5 Å². The van der Waals surface area contributed by atoms with Crippen molar-refractivity contribution in [2.75, 3.05) is 13.2 Å². The number of benzene rings is 2. The Labute approximate surface area is 364 Å². The molecule has 6 aliphatic carbocycles. The Bertz CT molecular complexity index is 2090. The highest BCUT2D eigenvalue weighted by Crippen LogP contribution is 2.69. The lowest BCUT2D eigenvalue weighted by Crippen LogP contribution is -2.75. The van der Waals surface area contributed by atoms with Gasteiger partial charge in [-0.05, 0) is 121 Å². The highest BCUT2D eigenvalue weighted by atomic mass is 35.5. The number of phosphoric acid groups is 2. The van der Waals surface area contributed by atoms with Crippen LogP contribution in [-0.4, -0.2) is 34.2 Å². The molecule has 2 heterocycles. The monoisotopic (exact) mass is 922 g/mol. The van der Waals surface area contributed by atoms with Crippen molar-refractivity contribution >= 4 is 38.8 Å². The summed E-state index contributed by atoms with van der Waals surface area (Å²) in [5, 5.41) is -0.0441. The molecule has 8 atom stereocenters. The Hall–Kier alpha value is -1.84. The van der Waals surface area contributed by atoms with Crippen LogP contribution in [0.2, 0.25) is 10.0 Å². The zero-order chi connectivity index (χ0) is 42.4. The van der Waals surface area contributed by atoms with E-state index in [1.54, 1.807) is 12.1 Å². The van der Waals surface area contributed by atoms with Gasteiger partial charge < -0.3 is 32.9 Å². The quantitative estimate of drug-likeness (QED) is 0.0887. The molecule has 14 nitrogen and oxygen atoms in total. The minimum absolute atomic E-state index is 0.00623. The average molecular weight is 924 g/mol. The summed E-state index contributed by atoms with van der Waals surface area (Å²) < 4.78 is 47.7. The molecule has 10 rings (SSSR count). The van der Waals surface area contributed by atoms with Crippen LogP contribution in [0.5, 0.6) is 11.5 Å². The SMILES string of the molecule is O=P([O-])([O-])Oc1cc(C2(OCCCOC3(c4ccc(Cl)c(OP(=O)(O)O)c4)OOC34C3CCCC4C4=C(CCCC4)C3)OOC23C2CCCC3C3=C(CCCC3)C2)ccc1Cl. The summed E-state index contributed by atoms with van der Waals surface area (Å²) >= 11 is 12.8. The zero-order valence-electron chi connectivity index (χ0n) is 33.7. The third kappa shape index (κ3) is 6.98. The van der Waals surface area contributed by atoms with Gasteiger partial charge in [0.1, 0.15) is 13.6 Å². The van der Waals surface area contributed by atoms with Crippen LogP contribution in [-0.2, 0) is 49.7 Å². The van der Waals surface area contributed by atoms with Gasteiger partial charge in [0.25, 0.3) is 11.6 Å². The maximum Gasteiger partial charge on any atom is 0.524 e. The largest absolute Gasteiger partial charge is 0.780 e. The van der Waals surface area contributed by atoms with E-state index < -0.39 is 38.4 Å². The zero-order valence-corrected chi connectivity index (χ0v) is 37.0. The van der Waals surface area contributed by atoms with Gasteiger partial charge in [-0.3, -0.25) is 9.79 Å². The second-order valence-electron chi connectivity index (χ2n) is 18.1. The standard InChI is InChI=1S/C43H52Cl2O14P2/c44-36-18-16-30(24-38(36)54-60(46,47)48)42(40(56-58-42)28-10-5-14-34(40)32-12-3-1-8-26(32)22-28)52-20-7-21-53-43(31-17-19-37(45)39(25-31)55-61(49,50)51)41(57-59-43)29-11-6-15-35(41)33-13-4-2-9-27(33)23-29/h16-19,24-25,28-29,34-35H,1-15,20-23H2,(H2,46,47,48)(H2,49,50,51)/p-2. The summed E-state index contributed by atoms with van der Waals surface area (Å²) in [6, 6.07) is 9.29. The fraction of sp³-hybridized carbons (Fsp3) is 0.628. The minimum Gasteiger partial charge on any atom is -0.780 e. The molecule has 8 unspecified atom stereocenters. The number of fused-ring (bicyclic) bond motifs is 2. The van der Waals surface area contributed by atoms with Gasteiger partial charge in [0.05, 0.1) is 23.3 Å². The number of halogens is 2. The predicted octanol–water partition coefficient (Wildman–Crippen LogP) is 8.88. The van der Waals surface area contributed by atoms with E-state index in [4.69, 9.17) is 61.3 Å². The molecule has 2 aromatic carbocycles. The van der Waals surface area contributed by atoms with Gasteiger partial charge in [0, 0.05) is 34.8 Å². The summed E-state index contributed by atoms with van der Waals surface area (Å²) in [5.41, 5.74) is 4.81. The molecule has 2 saturated heterocycles. The van der Waals surface area contributed by atoms with E-state index in [0.29, 0.717) is 17.5 Å². The van der Waals surface area contributed by atoms with Crippen LogP contribution in [0.15, 0.2) is 58.7 Å². The summed E-state index contributed by atoms with van der Waals surface area (Å²) in [4.78, 5) is 68.3. The third-order valence-electron chi connectivity index (χ3n) is 15.0. The smallest absolute Gasteiger partial charge is 0.524 e. The van der Waals surface area contributed by atoms with Crippen LogP contribution in [0.25, 0.3) is 0 Å². The van der Waals surface area contributed by atoms with Crippen molar-refractivity contribution in [3.63, 3.8) is 0 Å². The lowest BCUT2D eigenvalue weighted by molar-refractivity contribution is -0.644. The molecule has 4 bridgehead atoms. The molecule has 61 heavy (non-hydrogen) atoms. The Morgan fingerprint density at radius 1 is 0.639 bits per heavy atom. The Morgan fingerprint density at radius 3 is 1.52 bits per heavy atom. The number of ether oxygens (including phenoxy) is 2. The highest BCUT2D eigenvalue weighted by molar-refractivity contribution is 7.46. The van der Waals surface area contributed by atoms with Crippen molar-refractivity contribution in [2.24, 2.45) is 23.7 Å². The van der Waals surface area contributed by atoms with Gasteiger partial charge in [-0.2, -0.15) is 9.78 Å². The normalized spacial score (nSPS) is 35.6. The molecule has 0 radical (unpaired) electrons. The fourth-order valence-electron chi connectivity index (χ4n) is 12.8. The summed E-state index contributed by atoms with van der Waals surface area (Å²) in [6.07, 6.45) is 16.1. The van der Waals surface area contributed by atoms with Crippen molar-refractivity contribution in [1.82, 2.24) is 0 Å². The van der Waals surface area contributed by atoms with E-state index in [1.165, 1.54) is 46.6 Å². The molecule has 4 fully saturated rings. The maximum absolute atomic E-state index is 12.0. The Balaban J connectivity index is 0.980. The maximum atomic E-state index is 12.0. The predicted molar refractivity (Wildman–Crippen MR) is 215 cm³/mol. The molecule has 18 heteroatoms. The van der Waals surface area contributed by atoms with Crippen LogP contribution in [0.4, 0.5) is 0 Å². The Kier molecular flexibility index (Phi) is 11.3. The number of allylic oxidation sites excluding steroid dienone is 2. The number of rotatable bonds is 12.